The number of alkyl halides is 1. The zero-order valence-electron chi connectivity index (χ0n) is 24.2. The van der Waals surface area contributed by atoms with Crippen molar-refractivity contribution in [3.05, 3.63) is 35.2 Å². The van der Waals surface area contributed by atoms with Crippen molar-refractivity contribution in [3.63, 3.8) is 0 Å². The molecule has 2 fully saturated rings. The molecule has 4 rings (SSSR count). The first-order chi connectivity index (χ1) is 18.5. The molecule has 1 saturated carbocycles. The number of nitrogens with zero attached hydrogens (tertiary/aromatic N) is 3. The average Bonchev–Trinajstić information content (AvgIpc) is 3.40. The molecule has 2 aromatic heterocycles. The van der Waals surface area contributed by atoms with Crippen LogP contribution in [0.5, 0.6) is 0 Å². The second-order valence-electron chi connectivity index (χ2n) is 12.7. The molecule has 222 valence electrons. The highest BCUT2D eigenvalue weighted by Gasteiger charge is 2.53. The minimum absolute atomic E-state index is 0.0481. The van der Waals surface area contributed by atoms with Crippen LogP contribution < -0.4 is 5.56 Å². The quantitative estimate of drug-likeness (QED) is 0.151. The van der Waals surface area contributed by atoms with Gasteiger partial charge in [-0.1, -0.05) is 32.9 Å². The van der Waals surface area contributed by atoms with Crippen LogP contribution in [-0.4, -0.2) is 63.7 Å². The van der Waals surface area contributed by atoms with E-state index in [1.807, 2.05) is 13.8 Å². The highest BCUT2D eigenvalue weighted by molar-refractivity contribution is 8.00. The molecular weight excluding hydrogens is 591 g/mol. The van der Waals surface area contributed by atoms with Gasteiger partial charge in [0.05, 0.1) is 19.3 Å². The van der Waals surface area contributed by atoms with Gasteiger partial charge in [0.1, 0.15) is 12.2 Å². The van der Waals surface area contributed by atoms with Crippen molar-refractivity contribution in [3.8, 4) is 0 Å². The lowest BCUT2D eigenvalue weighted by molar-refractivity contribution is -0.0414. The van der Waals surface area contributed by atoms with Crippen LogP contribution in [-0.2, 0) is 30.0 Å². The molecule has 2 aliphatic rings. The van der Waals surface area contributed by atoms with E-state index < -0.39 is 50.4 Å². The third kappa shape index (κ3) is 6.62. The van der Waals surface area contributed by atoms with Gasteiger partial charge in [-0.2, -0.15) is 12.6 Å². The molecule has 0 aromatic carbocycles. The Morgan fingerprint density at radius 3 is 2.75 bits per heavy atom. The number of fused-ring (bicyclic) bond motifs is 1. The van der Waals surface area contributed by atoms with Crippen molar-refractivity contribution >= 4 is 51.1 Å². The number of nitrogens with one attached hydrogen (secondary N) is 1. The standard InChI is InChI=1S/C26H40FN4O5PS2Si/c1-15(2)16-9-10-26(6,38)18(11-16)35-37(39)36-21-17(12-33-40(7,8)25(3,4)5)34-24(19(21)27)31-14-30-20-22(31)28-13-29-23(20)32/h13-14,16-19,21,24H,1,9-12H2,2-8H3,(H-,28,29,32,38)/p+1/t16-,17+,18+,19+,21+,24+,26+/m0/s1. The Morgan fingerprint density at radius 1 is 1.40 bits per heavy atom. The fourth-order valence-corrected chi connectivity index (χ4v) is 7.85. The Bertz CT molecular complexity index is 1320. The molecule has 0 amide bonds. The Morgan fingerprint density at radius 2 is 2.10 bits per heavy atom. The van der Waals surface area contributed by atoms with E-state index in [1.54, 1.807) is 0 Å². The largest absolute Gasteiger partial charge is 0.522 e. The fourth-order valence-electron chi connectivity index (χ4n) is 4.82. The van der Waals surface area contributed by atoms with Crippen LogP contribution in [0, 0.1) is 5.92 Å². The Balaban J connectivity index is 1.57. The van der Waals surface area contributed by atoms with E-state index in [-0.39, 0.29) is 28.9 Å². The Labute approximate surface area is 247 Å². The zero-order chi connectivity index (χ0) is 29.6. The van der Waals surface area contributed by atoms with E-state index in [1.165, 1.54) is 17.2 Å². The van der Waals surface area contributed by atoms with Crippen molar-refractivity contribution in [2.75, 3.05) is 6.61 Å². The zero-order valence-corrected chi connectivity index (χ0v) is 27.8. The number of hydrogen-bond acceptors (Lipinski definition) is 9. The van der Waals surface area contributed by atoms with E-state index in [0.29, 0.717) is 5.92 Å². The number of ether oxygens (including phenoxy) is 1. The molecule has 40 heavy (non-hydrogen) atoms. The van der Waals surface area contributed by atoms with Gasteiger partial charge in [-0.3, -0.25) is 9.36 Å². The van der Waals surface area contributed by atoms with Gasteiger partial charge in [-0.05, 0) is 57.2 Å². The first-order valence-electron chi connectivity index (χ1n) is 13.5. The fraction of sp³-hybridized carbons (Fsp3) is 0.731. The summed E-state index contributed by atoms with van der Waals surface area (Å²) in [5, 5.41) is -0.0481. The average molecular weight is 632 g/mol. The molecule has 1 aliphatic carbocycles. The number of aromatic amines is 1. The van der Waals surface area contributed by atoms with Crippen molar-refractivity contribution in [2.24, 2.45) is 5.92 Å². The van der Waals surface area contributed by atoms with Gasteiger partial charge < -0.3 is 14.1 Å². The van der Waals surface area contributed by atoms with Crippen LogP contribution in [0.25, 0.3) is 11.2 Å². The van der Waals surface area contributed by atoms with Gasteiger partial charge in [0.25, 0.3) is 5.56 Å². The second-order valence-corrected chi connectivity index (χ2v) is 20.3. The smallest absolute Gasteiger partial charge is 0.414 e. The van der Waals surface area contributed by atoms with Crippen LogP contribution in [0.4, 0.5) is 4.39 Å². The molecule has 0 spiro atoms. The maximum atomic E-state index is 16.2. The van der Waals surface area contributed by atoms with E-state index in [4.69, 9.17) is 42.6 Å². The monoisotopic (exact) mass is 631 g/mol. The summed E-state index contributed by atoms with van der Waals surface area (Å²) in [7, 11) is -4.08. The van der Waals surface area contributed by atoms with Gasteiger partial charge in [-0.15, -0.1) is 9.05 Å². The van der Waals surface area contributed by atoms with Crippen LogP contribution in [0.2, 0.25) is 18.1 Å². The van der Waals surface area contributed by atoms with E-state index in [9.17, 15) is 4.79 Å². The van der Waals surface area contributed by atoms with Gasteiger partial charge in [0.15, 0.2) is 38.0 Å². The Kier molecular flexibility index (Phi) is 9.49. The number of H-pyrrole nitrogens is 1. The summed E-state index contributed by atoms with van der Waals surface area (Å²) in [6, 6.07) is 0. The Hall–Kier alpha value is -1.05. The lowest BCUT2D eigenvalue weighted by Crippen LogP contribution is -2.44. The first kappa shape index (κ1) is 31.9. The maximum absolute atomic E-state index is 16.2. The SMILES string of the molecule is C=C(C)[C@H]1CC[C@@](C)(S)[C@H](O[P+](=S)O[C@H]2[C@@H](F)[C@H](n3cnc4c(=O)[nH]cnc43)O[C@@H]2CO[Si](C)(C)C(C)(C)C)C1. The molecule has 1 N–H and O–H groups in total. The highest BCUT2D eigenvalue weighted by atomic mass is 32.4. The summed E-state index contributed by atoms with van der Waals surface area (Å²) in [6.07, 6.45) is 0.331. The maximum Gasteiger partial charge on any atom is 0.522 e. The number of halogens is 1. The summed E-state index contributed by atoms with van der Waals surface area (Å²) < 4.78 is 42.3. The molecule has 1 aliphatic heterocycles. The van der Waals surface area contributed by atoms with Gasteiger partial charge in [0.2, 0.25) is 11.8 Å². The third-order valence-corrected chi connectivity index (χ3v) is 15.0. The van der Waals surface area contributed by atoms with Crippen molar-refractivity contribution in [1.29, 1.82) is 0 Å². The molecule has 8 atom stereocenters. The molecule has 1 unspecified atom stereocenters. The van der Waals surface area contributed by atoms with Crippen LogP contribution >= 0.6 is 19.8 Å². The van der Waals surface area contributed by atoms with Crippen molar-refractivity contribution < 1.29 is 22.6 Å². The molecular formula is C26H41FN4O5PS2Si+. The normalized spacial score (nSPS) is 32.0. The van der Waals surface area contributed by atoms with E-state index in [0.717, 1.165) is 24.8 Å². The highest BCUT2D eigenvalue weighted by Crippen LogP contribution is 2.47. The van der Waals surface area contributed by atoms with Crippen molar-refractivity contribution in [2.45, 2.75) is 107 Å². The predicted molar refractivity (Wildman–Crippen MR) is 164 cm³/mol. The third-order valence-electron chi connectivity index (χ3n) is 8.63. The van der Waals surface area contributed by atoms with Crippen LogP contribution in [0.3, 0.4) is 0 Å². The molecule has 0 bridgehead atoms. The molecule has 1 saturated heterocycles. The lowest BCUT2D eigenvalue weighted by atomic mass is 9.77. The summed E-state index contributed by atoms with van der Waals surface area (Å²) in [5.74, 6) is 0.313. The second kappa shape index (κ2) is 11.9. The van der Waals surface area contributed by atoms with Gasteiger partial charge >= 0.3 is 7.15 Å². The molecule has 14 heteroatoms. The molecule has 0 radical (unpaired) electrons. The summed E-state index contributed by atoms with van der Waals surface area (Å²) >= 11 is 10.5. The topological polar surface area (TPSA) is 100 Å². The molecule has 9 nitrogen and oxygen atoms in total. The number of hydrogen-bond donors (Lipinski definition) is 2. The van der Waals surface area contributed by atoms with Crippen LogP contribution in [0.1, 0.15) is 60.1 Å². The first-order valence-corrected chi connectivity index (χ1v) is 19.1. The predicted octanol–water partition coefficient (Wildman–Crippen LogP) is 5.99. The number of imidazole rings is 1. The number of aromatic nitrogens is 4. The lowest BCUT2D eigenvalue weighted by Gasteiger charge is -2.38. The molecule has 3 heterocycles. The van der Waals surface area contributed by atoms with Gasteiger partial charge in [0, 0.05) is 4.75 Å². The summed E-state index contributed by atoms with van der Waals surface area (Å²) in [5.41, 5.74) is 1.01. The van der Waals surface area contributed by atoms with Gasteiger partial charge in [-0.25, -0.2) is 14.4 Å². The number of rotatable bonds is 9. The van der Waals surface area contributed by atoms with E-state index >= 15 is 4.39 Å². The number of allylic oxidation sites excluding steroid dienone is 1. The van der Waals surface area contributed by atoms with Crippen molar-refractivity contribution in [1.82, 2.24) is 19.5 Å². The summed E-state index contributed by atoms with van der Waals surface area (Å²) in [6.45, 7) is 19.0. The van der Waals surface area contributed by atoms with E-state index in [2.05, 4.69) is 55.4 Å². The number of thiol groups is 1. The minimum atomic E-state index is -2.18. The summed E-state index contributed by atoms with van der Waals surface area (Å²) in [4.78, 5) is 23.0. The molecule has 2 aromatic rings. The minimum Gasteiger partial charge on any atom is -0.414 e. The van der Waals surface area contributed by atoms with Crippen LogP contribution in [0.15, 0.2) is 29.6 Å².